The molecule has 0 aliphatic rings. The number of aromatic nitrogens is 5. The molecule has 4 rings (SSSR count). The van der Waals surface area contributed by atoms with Crippen molar-refractivity contribution >= 4 is 22.3 Å². The molecule has 29 heavy (non-hydrogen) atoms. The third-order valence-electron chi connectivity index (χ3n) is 4.62. The summed E-state index contributed by atoms with van der Waals surface area (Å²) in [5.41, 5.74) is 2.73. The summed E-state index contributed by atoms with van der Waals surface area (Å²) in [6, 6.07) is 10.4. The van der Waals surface area contributed by atoms with Gasteiger partial charge in [0.25, 0.3) is 0 Å². The number of aliphatic hydroxyl groups is 1. The van der Waals surface area contributed by atoms with Crippen LogP contribution in [0.2, 0.25) is 0 Å². The Morgan fingerprint density at radius 2 is 2.14 bits per heavy atom. The van der Waals surface area contributed by atoms with Gasteiger partial charge in [-0.15, -0.1) is 10.2 Å². The molecular weight excluding hydrogens is 375 g/mol. The van der Waals surface area contributed by atoms with Crippen molar-refractivity contribution in [1.29, 1.82) is 0 Å². The van der Waals surface area contributed by atoms with E-state index < -0.39 is 0 Å². The molecular formula is C20H19FN6O2. The predicted octanol–water partition coefficient (Wildman–Crippen LogP) is 2.70. The summed E-state index contributed by atoms with van der Waals surface area (Å²) in [4.78, 5) is 9.19. The standard InChI is InChI=1S/C20H19FN6O2/c1-12(15-10-14-4-3-7-22-18(14)11-16(15)21)20-24-23-19-6-5-17(25-27(19)20)13(2)26-29-9-8-28/h3-7,10-12,28H,8-9H2,1-2H3/t12-/m0/s1. The lowest BCUT2D eigenvalue weighted by atomic mass is 9.98. The van der Waals surface area contributed by atoms with E-state index in [2.05, 4.69) is 25.4 Å². The number of fused-ring (bicyclic) bond motifs is 2. The lowest BCUT2D eigenvalue weighted by Gasteiger charge is -2.12. The average molecular weight is 394 g/mol. The van der Waals surface area contributed by atoms with E-state index in [0.717, 1.165) is 5.39 Å². The zero-order valence-electron chi connectivity index (χ0n) is 15.9. The van der Waals surface area contributed by atoms with Gasteiger partial charge in [-0.1, -0.05) is 18.1 Å². The molecule has 0 radical (unpaired) electrons. The van der Waals surface area contributed by atoms with E-state index >= 15 is 0 Å². The van der Waals surface area contributed by atoms with Crippen molar-refractivity contribution in [2.75, 3.05) is 13.2 Å². The van der Waals surface area contributed by atoms with Crippen LogP contribution in [0.15, 0.2) is 47.8 Å². The highest BCUT2D eigenvalue weighted by atomic mass is 19.1. The molecule has 9 heteroatoms. The van der Waals surface area contributed by atoms with Gasteiger partial charge in [0.05, 0.1) is 12.1 Å². The Labute approximate surface area is 165 Å². The van der Waals surface area contributed by atoms with E-state index in [9.17, 15) is 4.39 Å². The molecule has 3 heterocycles. The molecule has 3 aromatic heterocycles. The molecule has 0 saturated heterocycles. The summed E-state index contributed by atoms with van der Waals surface area (Å²) < 4.78 is 16.3. The predicted molar refractivity (Wildman–Crippen MR) is 105 cm³/mol. The van der Waals surface area contributed by atoms with Crippen LogP contribution in [0.3, 0.4) is 0 Å². The van der Waals surface area contributed by atoms with Crippen LogP contribution >= 0.6 is 0 Å². The monoisotopic (exact) mass is 394 g/mol. The Hall–Kier alpha value is -3.46. The number of nitrogens with zero attached hydrogens (tertiary/aromatic N) is 6. The fraction of sp³-hybridized carbons (Fsp3) is 0.250. The molecule has 0 aliphatic carbocycles. The number of benzene rings is 1. The van der Waals surface area contributed by atoms with E-state index in [-0.39, 0.29) is 24.9 Å². The largest absolute Gasteiger partial charge is 0.393 e. The van der Waals surface area contributed by atoms with Gasteiger partial charge in [-0.2, -0.15) is 9.61 Å². The Bertz CT molecular complexity index is 1210. The number of hydrogen-bond acceptors (Lipinski definition) is 7. The molecule has 0 saturated carbocycles. The maximum absolute atomic E-state index is 14.8. The molecule has 1 N–H and O–H groups in total. The van der Waals surface area contributed by atoms with Crippen LogP contribution in [-0.2, 0) is 4.84 Å². The zero-order chi connectivity index (χ0) is 20.4. The van der Waals surface area contributed by atoms with Crippen LogP contribution in [0.25, 0.3) is 16.6 Å². The highest BCUT2D eigenvalue weighted by molar-refractivity contribution is 5.96. The van der Waals surface area contributed by atoms with E-state index in [1.54, 1.807) is 35.8 Å². The molecule has 0 spiro atoms. The number of halogens is 1. The second-order valence-corrected chi connectivity index (χ2v) is 6.57. The maximum atomic E-state index is 14.8. The molecule has 0 aliphatic heterocycles. The van der Waals surface area contributed by atoms with Gasteiger partial charge in [-0.05, 0) is 36.8 Å². The van der Waals surface area contributed by atoms with Crippen molar-refractivity contribution in [3.05, 3.63) is 65.5 Å². The van der Waals surface area contributed by atoms with Crippen molar-refractivity contribution < 1.29 is 14.3 Å². The van der Waals surface area contributed by atoms with Gasteiger partial charge >= 0.3 is 0 Å². The highest BCUT2D eigenvalue weighted by Gasteiger charge is 2.21. The summed E-state index contributed by atoms with van der Waals surface area (Å²) >= 11 is 0. The molecule has 0 unspecified atom stereocenters. The first-order chi connectivity index (χ1) is 14.1. The molecule has 0 amide bonds. The second-order valence-electron chi connectivity index (χ2n) is 6.57. The van der Waals surface area contributed by atoms with Gasteiger partial charge in [0.1, 0.15) is 23.8 Å². The average Bonchev–Trinajstić information content (AvgIpc) is 3.16. The van der Waals surface area contributed by atoms with Gasteiger partial charge in [-0.3, -0.25) is 4.98 Å². The maximum Gasteiger partial charge on any atom is 0.177 e. The smallest absolute Gasteiger partial charge is 0.177 e. The zero-order valence-corrected chi connectivity index (χ0v) is 15.9. The number of pyridine rings is 1. The molecule has 148 valence electrons. The Balaban J connectivity index is 1.75. The number of hydrogen-bond donors (Lipinski definition) is 1. The molecule has 4 aromatic rings. The minimum atomic E-state index is -0.389. The van der Waals surface area contributed by atoms with E-state index in [4.69, 9.17) is 9.94 Å². The summed E-state index contributed by atoms with van der Waals surface area (Å²) in [6.07, 6.45) is 1.64. The van der Waals surface area contributed by atoms with Crippen molar-refractivity contribution in [1.82, 2.24) is 24.8 Å². The van der Waals surface area contributed by atoms with Gasteiger partial charge in [-0.25, -0.2) is 4.39 Å². The fourth-order valence-corrected chi connectivity index (χ4v) is 3.08. The van der Waals surface area contributed by atoms with E-state index in [0.29, 0.717) is 34.0 Å². The quantitative estimate of drug-likeness (QED) is 0.307. The topological polar surface area (TPSA) is 97.8 Å². The molecule has 8 nitrogen and oxygen atoms in total. The van der Waals surface area contributed by atoms with Crippen molar-refractivity contribution in [2.45, 2.75) is 19.8 Å². The highest BCUT2D eigenvalue weighted by Crippen LogP contribution is 2.28. The van der Waals surface area contributed by atoms with Crippen LogP contribution in [0.1, 0.15) is 36.8 Å². The third kappa shape index (κ3) is 3.64. The summed E-state index contributed by atoms with van der Waals surface area (Å²) in [7, 11) is 0. The minimum absolute atomic E-state index is 0.102. The Kier molecular flexibility index (Phi) is 5.13. The lowest BCUT2D eigenvalue weighted by Crippen LogP contribution is -2.10. The minimum Gasteiger partial charge on any atom is -0.393 e. The summed E-state index contributed by atoms with van der Waals surface area (Å²) in [5, 5.41) is 26.5. The molecule has 0 bridgehead atoms. The van der Waals surface area contributed by atoms with Crippen LogP contribution in [0, 0.1) is 5.82 Å². The van der Waals surface area contributed by atoms with Crippen LogP contribution in [0.5, 0.6) is 0 Å². The van der Waals surface area contributed by atoms with E-state index in [1.165, 1.54) is 6.07 Å². The number of oxime groups is 1. The lowest BCUT2D eigenvalue weighted by molar-refractivity contribution is 0.0986. The van der Waals surface area contributed by atoms with Crippen LogP contribution in [-0.4, -0.2) is 48.8 Å². The molecule has 0 fully saturated rings. The van der Waals surface area contributed by atoms with Gasteiger partial charge in [0.2, 0.25) is 0 Å². The van der Waals surface area contributed by atoms with Crippen LogP contribution in [0.4, 0.5) is 4.39 Å². The van der Waals surface area contributed by atoms with Crippen molar-refractivity contribution in [3.63, 3.8) is 0 Å². The van der Waals surface area contributed by atoms with Crippen molar-refractivity contribution in [2.24, 2.45) is 5.16 Å². The summed E-state index contributed by atoms with van der Waals surface area (Å²) in [5.74, 6) is -0.236. The van der Waals surface area contributed by atoms with Gasteiger partial charge in [0, 0.05) is 23.6 Å². The second kappa shape index (κ2) is 7.88. The fourth-order valence-electron chi connectivity index (χ4n) is 3.08. The Morgan fingerprint density at radius 1 is 1.28 bits per heavy atom. The van der Waals surface area contributed by atoms with Crippen molar-refractivity contribution in [3.8, 4) is 0 Å². The first-order valence-electron chi connectivity index (χ1n) is 9.13. The third-order valence-corrected chi connectivity index (χ3v) is 4.62. The van der Waals surface area contributed by atoms with Crippen LogP contribution < -0.4 is 0 Å². The first kappa shape index (κ1) is 18.9. The summed E-state index contributed by atoms with van der Waals surface area (Å²) in [6.45, 7) is 3.58. The number of rotatable bonds is 6. The molecule has 1 atom stereocenters. The number of aliphatic hydroxyl groups excluding tert-OH is 1. The SMILES string of the molecule is CC(=NOCCO)c1ccc2nnc([C@@H](C)c3cc4cccnc4cc3F)n2n1. The Morgan fingerprint density at radius 3 is 2.97 bits per heavy atom. The molecule has 1 aromatic carbocycles. The first-order valence-corrected chi connectivity index (χ1v) is 9.13. The van der Waals surface area contributed by atoms with Gasteiger partial charge in [0.15, 0.2) is 11.5 Å². The van der Waals surface area contributed by atoms with Gasteiger partial charge < -0.3 is 9.94 Å². The normalized spacial score (nSPS) is 13.2. The van der Waals surface area contributed by atoms with E-state index in [1.807, 2.05) is 19.1 Å².